The smallest absolute Gasteiger partial charge is 0.353 e. The molecule has 0 radical (unpaired) electrons. The van der Waals surface area contributed by atoms with Gasteiger partial charge in [0.1, 0.15) is 6.04 Å². The van der Waals surface area contributed by atoms with E-state index in [0.29, 0.717) is 0 Å². The van der Waals surface area contributed by atoms with E-state index in [1.165, 1.54) is 0 Å². The zero-order valence-electron chi connectivity index (χ0n) is 13.4. The van der Waals surface area contributed by atoms with Crippen LogP contribution in [0.3, 0.4) is 0 Å². The lowest BCUT2D eigenvalue weighted by atomic mass is 9.77. The highest BCUT2D eigenvalue weighted by molar-refractivity contribution is 6.21. The largest absolute Gasteiger partial charge is 0.431 e. The Kier molecular flexibility index (Phi) is 3.05. The van der Waals surface area contributed by atoms with Crippen molar-refractivity contribution >= 4 is 17.6 Å². The maximum atomic E-state index is 13.0. The summed E-state index contributed by atoms with van der Waals surface area (Å²) in [4.78, 5) is 27.1. The Balaban J connectivity index is 1.84. The van der Waals surface area contributed by atoms with Crippen molar-refractivity contribution < 1.29 is 19.1 Å². The summed E-state index contributed by atoms with van der Waals surface area (Å²) in [6, 6.07) is 18.1. The number of amides is 1. The van der Waals surface area contributed by atoms with Crippen LogP contribution in [0.5, 0.6) is 0 Å². The van der Waals surface area contributed by atoms with Gasteiger partial charge in [-0.25, -0.2) is 4.79 Å². The molecule has 1 spiro atoms. The number of hydrogen-bond donors (Lipinski definition) is 0. The Bertz CT molecular complexity index is 803. The van der Waals surface area contributed by atoms with Gasteiger partial charge in [0.25, 0.3) is 11.5 Å². The van der Waals surface area contributed by atoms with Gasteiger partial charge in [0.2, 0.25) is 5.79 Å². The van der Waals surface area contributed by atoms with E-state index >= 15 is 0 Å². The predicted molar refractivity (Wildman–Crippen MR) is 87.1 cm³/mol. The second-order valence-electron chi connectivity index (χ2n) is 6.45. The summed E-state index contributed by atoms with van der Waals surface area (Å²) in [5, 5.41) is 0. The van der Waals surface area contributed by atoms with Crippen LogP contribution in [0.15, 0.2) is 60.7 Å². The molecule has 2 heterocycles. The minimum Gasteiger partial charge on any atom is -0.431 e. The van der Waals surface area contributed by atoms with Crippen molar-refractivity contribution in [1.29, 1.82) is 0 Å². The lowest BCUT2D eigenvalue weighted by molar-refractivity contribution is -0.189. The molecule has 1 amide bonds. The molecule has 2 aromatic carbocycles. The van der Waals surface area contributed by atoms with Crippen molar-refractivity contribution in [2.75, 3.05) is 4.90 Å². The van der Waals surface area contributed by atoms with Crippen LogP contribution in [0.25, 0.3) is 0 Å². The van der Waals surface area contributed by atoms with Gasteiger partial charge in [0.05, 0.1) is 0 Å². The van der Waals surface area contributed by atoms with Gasteiger partial charge in [-0.15, -0.1) is 0 Å². The summed E-state index contributed by atoms with van der Waals surface area (Å²) >= 11 is 0. The van der Waals surface area contributed by atoms with Crippen molar-refractivity contribution in [3.05, 3.63) is 66.2 Å². The van der Waals surface area contributed by atoms with E-state index in [-0.39, 0.29) is 0 Å². The first-order valence-corrected chi connectivity index (χ1v) is 7.83. The average Bonchev–Trinajstić information content (AvgIpc) is 2.84. The molecule has 2 aromatic rings. The van der Waals surface area contributed by atoms with E-state index in [2.05, 4.69) is 0 Å². The highest BCUT2D eigenvalue weighted by Gasteiger charge is 2.74. The van der Waals surface area contributed by atoms with Crippen LogP contribution < -0.4 is 4.90 Å². The van der Waals surface area contributed by atoms with Crippen molar-refractivity contribution in [1.82, 2.24) is 0 Å². The van der Waals surface area contributed by atoms with Crippen LogP contribution in [-0.4, -0.2) is 23.3 Å². The Morgan fingerprint density at radius 3 is 2.04 bits per heavy atom. The molecule has 0 aromatic heterocycles. The van der Waals surface area contributed by atoms with Crippen LogP contribution in [0.2, 0.25) is 0 Å². The molecule has 24 heavy (non-hydrogen) atoms. The van der Waals surface area contributed by atoms with Gasteiger partial charge in [-0.05, 0) is 17.7 Å². The molecule has 0 aliphatic carbocycles. The fourth-order valence-electron chi connectivity index (χ4n) is 3.45. The number of hydrogen-bond acceptors (Lipinski definition) is 4. The van der Waals surface area contributed by atoms with Gasteiger partial charge in [0.15, 0.2) is 0 Å². The predicted octanol–water partition coefficient (Wildman–Crippen LogP) is 2.82. The van der Waals surface area contributed by atoms with Crippen molar-refractivity contribution in [2.45, 2.75) is 31.3 Å². The Morgan fingerprint density at radius 1 is 0.917 bits per heavy atom. The molecule has 4 rings (SSSR count). The van der Waals surface area contributed by atoms with Crippen molar-refractivity contribution in [3.63, 3.8) is 0 Å². The summed E-state index contributed by atoms with van der Waals surface area (Å²) in [7, 11) is 0. The molecule has 0 bridgehead atoms. The zero-order valence-corrected chi connectivity index (χ0v) is 13.4. The summed E-state index contributed by atoms with van der Waals surface area (Å²) in [6.07, 6.45) is 0. The molecule has 0 N–H and O–H groups in total. The molecule has 2 saturated heterocycles. The molecule has 2 fully saturated rings. The van der Waals surface area contributed by atoms with Gasteiger partial charge in [-0.2, -0.15) is 0 Å². The third kappa shape index (κ3) is 1.91. The summed E-state index contributed by atoms with van der Waals surface area (Å²) in [5.41, 5.74) is -0.0561. The minimum atomic E-state index is -1.61. The van der Waals surface area contributed by atoms with Gasteiger partial charge >= 0.3 is 5.97 Å². The fourth-order valence-corrected chi connectivity index (χ4v) is 3.45. The molecule has 122 valence electrons. The molecule has 2 aliphatic rings. The number of β-lactam (4-membered cyclic amide) rings is 1. The number of carbonyl (C=O) groups is 2. The molecular formula is C19H17NO4. The second-order valence-corrected chi connectivity index (χ2v) is 6.45. The number of cyclic esters (lactones) is 1. The molecule has 2 aliphatic heterocycles. The van der Waals surface area contributed by atoms with E-state index in [9.17, 15) is 9.59 Å². The fraction of sp³-hybridized carbons (Fsp3) is 0.263. The standard InChI is InChI=1S/C19H17NO4/c1-18(2)23-17(22)19(24-18)15(13-9-5-3-6-10-13)20(16(19)21)14-11-7-4-8-12-14/h3-12,15H,1-2H3/t15-,19-/m0/s1. The lowest BCUT2D eigenvalue weighted by Crippen LogP contribution is -2.72. The van der Waals surface area contributed by atoms with Crippen LogP contribution in [0, 0.1) is 0 Å². The van der Waals surface area contributed by atoms with Crippen molar-refractivity contribution in [2.24, 2.45) is 0 Å². The summed E-state index contributed by atoms with van der Waals surface area (Å²) < 4.78 is 11.2. The second kappa shape index (κ2) is 4.92. The van der Waals surface area contributed by atoms with E-state index in [0.717, 1.165) is 11.3 Å². The third-order valence-electron chi connectivity index (χ3n) is 4.38. The number of ether oxygens (including phenoxy) is 2. The monoisotopic (exact) mass is 323 g/mol. The molecule has 2 atom stereocenters. The zero-order chi connectivity index (χ0) is 16.9. The molecular weight excluding hydrogens is 306 g/mol. The number of rotatable bonds is 2. The SMILES string of the molecule is CC1(C)OC(=O)[C@@]2(O1)C(=O)N(c1ccccc1)[C@H]2c1ccccc1. The number of nitrogens with zero attached hydrogens (tertiary/aromatic N) is 1. The van der Waals surface area contributed by atoms with Crippen LogP contribution in [0.4, 0.5) is 5.69 Å². The van der Waals surface area contributed by atoms with Crippen molar-refractivity contribution in [3.8, 4) is 0 Å². The van der Waals surface area contributed by atoms with Gasteiger partial charge < -0.3 is 9.47 Å². The van der Waals surface area contributed by atoms with Gasteiger partial charge in [-0.3, -0.25) is 9.69 Å². The molecule has 5 heteroatoms. The van der Waals surface area contributed by atoms with E-state index < -0.39 is 29.3 Å². The van der Waals surface area contributed by atoms with E-state index in [1.54, 1.807) is 18.7 Å². The van der Waals surface area contributed by atoms with Gasteiger partial charge in [0, 0.05) is 19.5 Å². The lowest BCUT2D eigenvalue weighted by Gasteiger charge is -2.51. The normalized spacial score (nSPS) is 27.9. The van der Waals surface area contributed by atoms with Crippen LogP contribution in [-0.2, 0) is 19.1 Å². The Hall–Kier alpha value is -2.66. The summed E-state index contributed by atoms with van der Waals surface area (Å²) in [5.74, 6) is -2.14. The highest BCUT2D eigenvalue weighted by Crippen LogP contribution is 2.53. The van der Waals surface area contributed by atoms with Crippen LogP contribution >= 0.6 is 0 Å². The average molecular weight is 323 g/mol. The maximum Gasteiger partial charge on any atom is 0.353 e. The third-order valence-corrected chi connectivity index (χ3v) is 4.38. The van der Waals surface area contributed by atoms with Gasteiger partial charge in [-0.1, -0.05) is 48.5 Å². The Labute approximate surface area is 139 Å². The molecule has 5 nitrogen and oxygen atoms in total. The first kappa shape index (κ1) is 14.9. The number of benzene rings is 2. The number of para-hydroxylation sites is 1. The molecule has 0 saturated carbocycles. The van der Waals surface area contributed by atoms with E-state index in [1.807, 2.05) is 60.7 Å². The van der Waals surface area contributed by atoms with Crippen LogP contribution in [0.1, 0.15) is 25.5 Å². The maximum absolute atomic E-state index is 13.0. The number of carbonyl (C=O) groups excluding carboxylic acids is 2. The minimum absolute atomic E-state index is 0.391. The quantitative estimate of drug-likeness (QED) is 0.484. The highest BCUT2D eigenvalue weighted by atomic mass is 16.8. The number of anilines is 1. The topological polar surface area (TPSA) is 55.8 Å². The summed E-state index contributed by atoms with van der Waals surface area (Å²) in [6.45, 7) is 3.28. The first-order valence-electron chi connectivity index (χ1n) is 7.83. The first-order chi connectivity index (χ1) is 11.5. The van der Waals surface area contributed by atoms with E-state index in [4.69, 9.17) is 9.47 Å². The molecule has 0 unspecified atom stereocenters. The Morgan fingerprint density at radius 2 is 1.50 bits per heavy atom. The number of esters is 1.